The fraction of sp³-hybridized carbons (Fsp3) is 0.400. The van der Waals surface area contributed by atoms with Gasteiger partial charge in [-0.15, -0.1) is 0 Å². The van der Waals surface area contributed by atoms with Crippen molar-refractivity contribution < 1.29 is 9.47 Å². The zero-order valence-electron chi connectivity index (χ0n) is 14.5. The Morgan fingerprint density at radius 2 is 1.65 bits per heavy atom. The van der Waals surface area contributed by atoms with E-state index >= 15 is 0 Å². The van der Waals surface area contributed by atoms with Crippen LogP contribution in [0.4, 0.5) is 0 Å². The molecule has 0 atom stereocenters. The first-order valence-electron chi connectivity index (χ1n) is 8.13. The number of rotatable bonds is 4. The Bertz CT molecular complexity index is 709. The minimum Gasteiger partial charge on any atom is -0.493 e. The third kappa shape index (κ3) is 3.35. The van der Waals surface area contributed by atoms with Gasteiger partial charge in [0.05, 0.1) is 14.2 Å². The molecular formula is C20H25NO2. The second kappa shape index (κ2) is 6.63. The molecule has 0 aromatic heterocycles. The lowest BCUT2D eigenvalue weighted by molar-refractivity contribution is 0.243. The zero-order chi connectivity index (χ0) is 16.4. The van der Waals surface area contributed by atoms with Crippen molar-refractivity contribution in [3.8, 4) is 11.5 Å². The molecule has 0 N–H and O–H groups in total. The normalized spacial score (nSPS) is 14.4. The monoisotopic (exact) mass is 311 g/mol. The Hall–Kier alpha value is -2.00. The van der Waals surface area contributed by atoms with E-state index in [9.17, 15) is 0 Å². The van der Waals surface area contributed by atoms with Crippen LogP contribution >= 0.6 is 0 Å². The van der Waals surface area contributed by atoms with E-state index < -0.39 is 0 Å². The van der Waals surface area contributed by atoms with Crippen LogP contribution in [0.5, 0.6) is 11.5 Å². The van der Waals surface area contributed by atoms with Crippen LogP contribution in [-0.4, -0.2) is 25.7 Å². The highest BCUT2D eigenvalue weighted by atomic mass is 16.5. The van der Waals surface area contributed by atoms with Gasteiger partial charge in [0.25, 0.3) is 0 Å². The van der Waals surface area contributed by atoms with Crippen molar-refractivity contribution >= 4 is 0 Å². The molecule has 2 aromatic carbocycles. The summed E-state index contributed by atoms with van der Waals surface area (Å²) < 4.78 is 10.9. The fourth-order valence-corrected chi connectivity index (χ4v) is 3.34. The van der Waals surface area contributed by atoms with Gasteiger partial charge >= 0.3 is 0 Å². The van der Waals surface area contributed by atoms with Gasteiger partial charge in [-0.1, -0.05) is 23.8 Å². The number of hydrogen-bond donors (Lipinski definition) is 0. The SMILES string of the molecule is COc1cc2c(cc1OC)CN(Cc1ccc(C)cc1C)CC2. The third-order valence-corrected chi connectivity index (χ3v) is 4.69. The molecule has 1 aliphatic rings. The maximum atomic E-state index is 5.44. The molecule has 23 heavy (non-hydrogen) atoms. The molecule has 1 aliphatic heterocycles. The Morgan fingerprint density at radius 3 is 2.30 bits per heavy atom. The van der Waals surface area contributed by atoms with Crippen LogP contribution in [0, 0.1) is 13.8 Å². The van der Waals surface area contributed by atoms with Gasteiger partial charge in [-0.25, -0.2) is 0 Å². The molecule has 0 saturated heterocycles. The number of aryl methyl sites for hydroxylation is 2. The van der Waals surface area contributed by atoms with Crippen molar-refractivity contribution in [2.45, 2.75) is 33.4 Å². The van der Waals surface area contributed by atoms with Gasteiger partial charge in [-0.05, 0) is 54.7 Å². The summed E-state index contributed by atoms with van der Waals surface area (Å²) in [7, 11) is 3.39. The molecule has 0 bridgehead atoms. The number of fused-ring (bicyclic) bond motifs is 1. The highest BCUT2D eigenvalue weighted by Gasteiger charge is 2.19. The lowest BCUT2D eigenvalue weighted by Gasteiger charge is -2.30. The first-order chi connectivity index (χ1) is 11.1. The van der Waals surface area contributed by atoms with Gasteiger partial charge in [0.2, 0.25) is 0 Å². The number of nitrogens with zero attached hydrogens (tertiary/aromatic N) is 1. The molecule has 3 rings (SSSR count). The van der Waals surface area contributed by atoms with Crippen LogP contribution in [0.15, 0.2) is 30.3 Å². The van der Waals surface area contributed by atoms with Gasteiger partial charge < -0.3 is 9.47 Å². The number of methoxy groups -OCH3 is 2. The first kappa shape index (κ1) is 15.9. The fourth-order valence-electron chi connectivity index (χ4n) is 3.34. The number of hydrogen-bond acceptors (Lipinski definition) is 3. The van der Waals surface area contributed by atoms with Crippen molar-refractivity contribution in [3.05, 3.63) is 58.1 Å². The maximum absolute atomic E-state index is 5.44. The van der Waals surface area contributed by atoms with E-state index in [0.717, 1.165) is 37.6 Å². The Labute approximate surface area is 138 Å². The molecule has 2 aromatic rings. The number of ether oxygens (including phenoxy) is 2. The van der Waals surface area contributed by atoms with Gasteiger partial charge in [0.15, 0.2) is 11.5 Å². The molecule has 0 aliphatic carbocycles. The van der Waals surface area contributed by atoms with E-state index in [1.165, 1.54) is 27.8 Å². The van der Waals surface area contributed by atoms with Crippen LogP contribution in [0.1, 0.15) is 27.8 Å². The summed E-state index contributed by atoms with van der Waals surface area (Å²) in [4.78, 5) is 2.51. The highest BCUT2D eigenvalue weighted by molar-refractivity contribution is 5.48. The minimum atomic E-state index is 0.819. The summed E-state index contributed by atoms with van der Waals surface area (Å²) in [6, 6.07) is 11.0. The molecule has 0 unspecified atom stereocenters. The predicted molar refractivity (Wildman–Crippen MR) is 93.3 cm³/mol. The molecule has 0 radical (unpaired) electrons. The quantitative estimate of drug-likeness (QED) is 0.855. The second-order valence-electron chi connectivity index (χ2n) is 6.37. The molecule has 3 heteroatoms. The highest BCUT2D eigenvalue weighted by Crippen LogP contribution is 2.33. The summed E-state index contributed by atoms with van der Waals surface area (Å²) in [5.74, 6) is 1.65. The van der Waals surface area contributed by atoms with E-state index in [1.807, 2.05) is 0 Å². The largest absolute Gasteiger partial charge is 0.493 e. The standard InChI is InChI=1S/C20H25NO2/c1-14-5-6-17(15(2)9-14)12-21-8-7-16-10-19(22-3)20(23-4)11-18(16)13-21/h5-6,9-11H,7-8,12-13H2,1-4H3. The van der Waals surface area contributed by atoms with Crippen molar-refractivity contribution in [2.24, 2.45) is 0 Å². The molecule has 122 valence electrons. The molecule has 1 heterocycles. The van der Waals surface area contributed by atoms with Crippen LogP contribution in [-0.2, 0) is 19.5 Å². The molecule has 0 spiro atoms. The summed E-state index contributed by atoms with van der Waals surface area (Å²) in [5.41, 5.74) is 6.84. The van der Waals surface area contributed by atoms with Crippen molar-refractivity contribution in [1.82, 2.24) is 4.90 Å². The summed E-state index contributed by atoms with van der Waals surface area (Å²) >= 11 is 0. The molecule has 3 nitrogen and oxygen atoms in total. The van der Waals surface area contributed by atoms with Gasteiger partial charge in [-0.2, -0.15) is 0 Å². The lowest BCUT2D eigenvalue weighted by atomic mass is 9.97. The van der Waals surface area contributed by atoms with E-state index in [1.54, 1.807) is 14.2 Å². The summed E-state index contributed by atoms with van der Waals surface area (Å²) in [6.45, 7) is 7.39. The van der Waals surface area contributed by atoms with E-state index in [2.05, 4.69) is 49.1 Å². The van der Waals surface area contributed by atoms with E-state index in [-0.39, 0.29) is 0 Å². The maximum Gasteiger partial charge on any atom is 0.161 e. The van der Waals surface area contributed by atoms with Crippen molar-refractivity contribution in [2.75, 3.05) is 20.8 Å². The molecule has 0 amide bonds. The predicted octanol–water partition coefficient (Wildman–Crippen LogP) is 3.88. The molecule has 0 saturated carbocycles. The average molecular weight is 311 g/mol. The average Bonchev–Trinajstić information content (AvgIpc) is 2.56. The van der Waals surface area contributed by atoms with Crippen molar-refractivity contribution in [1.29, 1.82) is 0 Å². The van der Waals surface area contributed by atoms with Gasteiger partial charge in [-0.3, -0.25) is 4.90 Å². The molecular weight excluding hydrogens is 286 g/mol. The van der Waals surface area contributed by atoms with Crippen LogP contribution in [0.25, 0.3) is 0 Å². The third-order valence-electron chi connectivity index (χ3n) is 4.69. The Balaban J connectivity index is 1.79. The number of benzene rings is 2. The summed E-state index contributed by atoms with van der Waals surface area (Å²) in [5, 5.41) is 0. The van der Waals surface area contributed by atoms with Crippen LogP contribution < -0.4 is 9.47 Å². The lowest BCUT2D eigenvalue weighted by Crippen LogP contribution is -2.30. The van der Waals surface area contributed by atoms with Gasteiger partial charge in [0.1, 0.15) is 0 Å². The smallest absolute Gasteiger partial charge is 0.161 e. The zero-order valence-corrected chi connectivity index (χ0v) is 14.5. The van der Waals surface area contributed by atoms with Crippen molar-refractivity contribution in [3.63, 3.8) is 0 Å². The molecule has 0 fully saturated rings. The first-order valence-corrected chi connectivity index (χ1v) is 8.13. The van der Waals surface area contributed by atoms with E-state index in [0.29, 0.717) is 0 Å². The minimum absolute atomic E-state index is 0.819. The summed E-state index contributed by atoms with van der Waals surface area (Å²) in [6.07, 6.45) is 1.06. The Morgan fingerprint density at radius 1 is 0.957 bits per heavy atom. The topological polar surface area (TPSA) is 21.7 Å². The van der Waals surface area contributed by atoms with Gasteiger partial charge in [0, 0.05) is 19.6 Å². The van der Waals surface area contributed by atoms with Crippen LogP contribution in [0.3, 0.4) is 0 Å². The van der Waals surface area contributed by atoms with E-state index in [4.69, 9.17) is 9.47 Å². The second-order valence-corrected chi connectivity index (χ2v) is 6.37. The Kier molecular flexibility index (Phi) is 4.58. The van der Waals surface area contributed by atoms with Crippen LogP contribution in [0.2, 0.25) is 0 Å².